The number of hydrogen-bond acceptors (Lipinski definition) is 3. The van der Waals surface area contributed by atoms with Crippen molar-refractivity contribution in [1.82, 2.24) is 4.72 Å². The number of nitrogens with one attached hydrogen (secondary N) is 2. The number of anilines is 1. The molecule has 0 radical (unpaired) electrons. The second-order valence-electron chi connectivity index (χ2n) is 2.76. The first-order valence-corrected chi connectivity index (χ1v) is 5.84. The summed E-state index contributed by atoms with van der Waals surface area (Å²) >= 11 is 0. The maximum Gasteiger partial charge on any atom is 0.299 e. The number of benzene rings is 1. The molecule has 0 aromatic heterocycles. The lowest BCUT2D eigenvalue weighted by Gasteiger charge is -2.08. The van der Waals surface area contributed by atoms with E-state index in [1.165, 1.54) is 6.07 Å². The van der Waals surface area contributed by atoms with Crippen LogP contribution in [0.1, 0.15) is 12.5 Å². The SMILES string of the molecule is CCNS(=O)(=O)Nc1ccccc1C#N. The molecule has 5 nitrogen and oxygen atoms in total. The zero-order chi connectivity index (χ0) is 11.3. The third-order valence-corrected chi connectivity index (χ3v) is 2.78. The van der Waals surface area contributed by atoms with Crippen LogP contribution in [-0.2, 0) is 10.2 Å². The van der Waals surface area contributed by atoms with Gasteiger partial charge in [-0.25, -0.2) is 0 Å². The summed E-state index contributed by atoms with van der Waals surface area (Å²) in [5, 5.41) is 8.74. The minimum absolute atomic E-state index is 0.279. The molecular formula is C9H11N3O2S. The van der Waals surface area contributed by atoms with Crippen molar-refractivity contribution in [2.24, 2.45) is 0 Å². The second kappa shape index (κ2) is 4.77. The Labute approximate surface area is 88.9 Å². The van der Waals surface area contributed by atoms with Gasteiger partial charge in [0.25, 0.3) is 10.2 Å². The molecule has 0 heterocycles. The van der Waals surface area contributed by atoms with Gasteiger partial charge in [-0.2, -0.15) is 18.4 Å². The van der Waals surface area contributed by atoms with Gasteiger partial charge in [0.2, 0.25) is 0 Å². The summed E-state index contributed by atoms with van der Waals surface area (Å²) < 4.78 is 27.2. The van der Waals surface area contributed by atoms with Crippen molar-refractivity contribution < 1.29 is 8.42 Å². The van der Waals surface area contributed by atoms with E-state index in [2.05, 4.69) is 9.44 Å². The molecular weight excluding hydrogens is 214 g/mol. The third kappa shape index (κ3) is 3.23. The molecule has 1 aromatic rings. The van der Waals surface area contributed by atoms with Crippen LogP contribution in [-0.4, -0.2) is 15.0 Å². The Kier molecular flexibility index (Phi) is 3.66. The van der Waals surface area contributed by atoms with Crippen molar-refractivity contribution in [2.75, 3.05) is 11.3 Å². The van der Waals surface area contributed by atoms with Gasteiger partial charge >= 0.3 is 0 Å². The summed E-state index contributed by atoms with van der Waals surface area (Å²) in [6, 6.07) is 8.31. The van der Waals surface area contributed by atoms with E-state index in [0.717, 1.165) is 0 Å². The van der Waals surface area contributed by atoms with Gasteiger partial charge in [-0.15, -0.1) is 0 Å². The molecule has 80 valence electrons. The minimum atomic E-state index is -3.57. The van der Waals surface area contributed by atoms with E-state index >= 15 is 0 Å². The van der Waals surface area contributed by atoms with Gasteiger partial charge in [-0.1, -0.05) is 19.1 Å². The molecule has 0 unspecified atom stereocenters. The van der Waals surface area contributed by atoms with Crippen LogP contribution in [0, 0.1) is 11.3 Å². The first-order chi connectivity index (χ1) is 7.09. The molecule has 0 saturated carbocycles. The molecule has 2 N–H and O–H groups in total. The third-order valence-electron chi connectivity index (χ3n) is 1.63. The van der Waals surface area contributed by atoms with Gasteiger partial charge in [0.1, 0.15) is 6.07 Å². The van der Waals surface area contributed by atoms with Crippen LogP contribution in [0.15, 0.2) is 24.3 Å². The van der Waals surface area contributed by atoms with Crippen LogP contribution < -0.4 is 9.44 Å². The fourth-order valence-electron chi connectivity index (χ4n) is 1.04. The van der Waals surface area contributed by atoms with E-state index in [9.17, 15) is 8.42 Å². The van der Waals surface area contributed by atoms with Gasteiger partial charge in [-0.3, -0.25) is 4.72 Å². The van der Waals surface area contributed by atoms with Crippen LogP contribution in [0.2, 0.25) is 0 Å². The maximum atomic E-state index is 11.3. The smallest absolute Gasteiger partial charge is 0.270 e. The fraction of sp³-hybridized carbons (Fsp3) is 0.222. The highest BCUT2D eigenvalue weighted by Gasteiger charge is 2.09. The zero-order valence-electron chi connectivity index (χ0n) is 8.19. The Morgan fingerprint density at radius 1 is 1.40 bits per heavy atom. The molecule has 15 heavy (non-hydrogen) atoms. The standard InChI is InChI=1S/C9H11N3O2S/c1-2-11-15(13,14)12-9-6-4-3-5-8(9)7-10/h3-6,11-12H,2H2,1H3. The highest BCUT2D eigenvalue weighted by Crippen LogP contribution is 2.14. The summed E-state index contributed by atoms with van der Waals surface area (Å²) in [5.74, 6) is 0. The Hall–Kier alpha value is -1.58. The van der Waals surface area contributed by atoms with Crippen LogP contribution in [0.5, 0.6) is 0 Å². The Morgan fingerprint density at radius 3 is 2.67 bits per heavy atom. The average Bonchev–Trinajstić information content (AvgIpc) is 2.17. The first-order valence-electron chi connectivity index (χ1n) is 4.35. The summed E-state index contributed by atoms with van der Waals surface area (Å²) in [7, 11) is -3.57. The highest BCUT2D eigenvalue weighted by molar-refractivity contribution is 7.90. The van der Waals surface area contributed by atoms with Gasteiger partial charge in [0.05, 0.1) is 11.3 Å². The molecule has 1 aromatic carbocycles. The first kappa shape index (κ1) is 11.5. The van der Waals surface area contributed by atoms with E-state index in [-0.39, 0.29) is 5.69 Å². The lowest BCUT2D eigenvalue weighted by atomic mass is 10.2. The Bertz CT molecular complexity index is 476. The number of hydrogen-bond donors (Lipinski definition) is 2. The van der Waals surface area contributed by atoms with Crippen LogP contribution in [0.4, 0.5) is 5.69 Å². The van der Waals surface area contributed by atoms with E-state index in [4.69, 9.17) is 5.26 Å². The van der Waals surface area contributed by atoms with Gasteiger partial charge in [-0.05, 0) is 12.1 Å². The lowest BCUT2D eigenvalue weighted by Crippen LogP contribution is -2.30. The molecule has 0 aliphatic carbocycles. The summed E-state index contributed by atoms with van der Waals surface area (Å²) in [6.07, 6.45) is 0. The predicted molar refractivity (Wildman–Crippen MR) is 57.4 cm³/mol. The Balaban J connectivity index is 2.96. The molecule has 6 heteroatoms. The summed E-state index contributed by atoms with van der Waals surface area (Å²) in [6.45, 7) is 1.97. The highest BCUT2D eigenvalue weighted by atomic mass is 32.2. The van der Waals surface area contributed by atoms with E-state index < -0.39 is 10.2 Å². The largest absolute Gasteiger partial charge is 0.299 e. The normalized spacial score (nSPS) is 10.7. The second-order valence-corrected chi connectivity index (χ2v) is 4.26. The van der Waals surface area contributed by atoms with Crippen LogP contribution >= 0.6 is 0 Å². The molecule has 0 atom stereocenters. The van der Waals surface area contributed by atoms with Crippen LogP contribution in [0.3, 0.4) is 0 Å². The predicted octanol–water partition coefficient (Wildman–Crippen LogP) is 0.824. The number of nitrogens with zero attached hydrogens (tertiary/aromatic N) is 1. The maximum absolute atomic E-state index is 11.3. The van der Waals surface area contributed by atoms with E-state index in [0.29, 0.717) is 12.1 Å². The molecule has 0 saturated heterocycles. The minimum Gasteiger partial charge on any atom is -0.270 e. The van der Waals surface area contributed by atoms with Gasteiger partial charge in [0.15, 0.2) is 0 Å². The molecule has 0 aliphatic rings. The van der Waals surface area contributed by atoms with Crippen molar-refractivity contribution in [3.8, 4) is 6.07 Å². The zero-order valence-corrected chi connectivity index (χ0v) is 9.00. The fourth-order valence-corrected chi connectivity index (χ4v) is 1.96. The summed E-state index contributed by atoms with van der Waals surface area (Å²) in [4.78, 5) is 0. The Morgan fingerprint density at radius 2 is 2.07 bits per heavy atom. The molecule has 0 amide bonds. The molecule has 0 fully saturated rings. The molecule has 1 rings (SSSR count). The van der Waals surface area contributed by atoms with Crippen molar-refractivity contribution in [3.63, 3.8) is 0 Å². The topological polar surface area (TPSA) is 82.0 Å². The van der Waals surface area contributed by atoms with Crippen molar-refractivity contribution >= 4 is 15.9 Å². The lowest BCUT2D eigenvalue weighted by molar-refractivity contribution is 0.589. The molecule has 0 aliphatic heterocycles. The van der Waals surface area contributed by atoms with Crippen molar-refractivity contribution in [1.29, 1.82) is 5.26 Å². The van der Waals surface area contributed by atoms with Crippen molar-refractivity contribution in [3.05, 3.63) is 29.8 Å². The van der Waals surface area contributed by atoms with E-state index in [1.54, 1.807) is 25.1 Å². The number of para-hydroxylation sites is 1. The molecule has 0 bridgehead atoms. The number of nitriles is 1. The van der Waals surface area contributed by atoms with Crippen LogP contribution in [0.25, 0.3) is 0 Å². The molecule has 0 spiro atoms. The van der Waals surface area contributed by atoms with Gasteiger partial charge in [0, 0.05) is 6.54 Å². The summed E-state index contributed by atoms with van der Waals surface area (Å²) in [5.41, 5.74) is 0.569. The monoisotopic (exact) mass is 225 g/mol. The van der Waals surface area contributed by atoms with E-state index in [1.807, 2.05) is 6.07 Å². The number of rotatable bonds is 4. The van der Waals surface area contributed by atoms with Gasteiger partial charge < -0.3 is 0 Å². The average molecular weight is 225 g/mol. The quantitative estimate of drug-likeness (QED) is 0.796. The van der Waals surface area contributed by atoms with Crippen molar-refractivity contribution in [2.45, 2.75) is 6.92 Å².